The number of nitrogens with one attached hydrogen (secondary N) is 1. The molecule has 1 saturated carbocycles. The van der Waals surface area contributed by atoms with E-state index < -0.39 is 0 Å². The maximum atomic E-state index is 12.9. The van der Waals surface area contributed by atoms with E-state index in [0.29, 0.717) is 6.54 Å². The van der Waals surface area contributed by atoms with Gasteiger partial charge in [0.1, 0.15) is 5.75 Å². The van der Waals surface area contributed by atoms with Crippen molar-refractivity contribution in [2.24, 2.45) is 0 Å². The predicted octanol–water partition coefficient (Wildman–Crippen LogP) is 4.66. The topological polar surface area (TPSA) is 54.7 Å². The molecule has 5 heteroatoms. The Morgan fingerprint density at radius 1 is 1.29 bits per heavy atom. The average molecular weight is 328 g/mol. The molecule has 1 aromatic carbocycles. The van der Waals surface area contributed by atoms with E-state index in [-0.39, 0.29) is 12.1 Å². The van der Waals surface area contributed by atoms with Crippen molar-refractivity contribution in [1.29, 1.82) is 0 Å². The molecule has 24 heavy (non-hydrogen) atoms. The molecular formula is C19H24N2O3. The molecule has 0 saturated heterocycles. The maximum absolute atomic E-state index is 12.9. The van der Waals surface area contributed by atoms with Crippen molar-refractivity contribution in [3.8, 4) is 5.75 Å². The van der Waals surface area contributed by atoms with Crippen LogP contribution >= 0.6 is 0 Å². The number of anilines is 1. The maximum Gasteiger partial charge on any atom is 0.322 e. The summed E-state index contributed by atoms with van der Waals surface area (Å²) >= 11 is 0. The van der Waals surface area contributed by atoms with Crippen LogP contribution in [0.25, 0.3) is 0 Å². The Hall–Kier alpha value is -2.43. The molecule has 1 heterocycles. The van der Waals surface area contributed by atoms with Crippen LogP contribution in [-0.2, 0) is 6.54 Å². The van der Waals surface area contributed by atoms with Gasteiger partial charge in [0, 0.05) is 23.4 Å². The molecule has 1 N–H and O–H groups in total. The van der Waals surface area contributed by atoms with Crippen LogP contribution < -0.4 is 10.1 Å². The van der Waals surface area contributed by atoms with Gasteiger partial charge in [-0.15, -0.1) is 0 Å². The van der Waals surface area contributed by atoms with Gasteiger partial charge < -0.3 is 19.4 Å². The number of furan rings is 1. The summed E-state index contributed by atoms with van der Waals surface area (Å²) in [5, 5.41) is 3.00. The van der Waals surface area contributed by atoms with E-state index in [4.69, 9.17) is 9.15 Å². The van der Waals surface area contributed by atoms with Crippen LogP contribution in [0, 0.1) is 0 Å². The zero-order valence-electron chi connectivity index (χ0n) is 14.0. The summed E-state index contributed by atoms with van der Waals surface area (Å²) in [5.41, 5.74) is 1.76. The summed E-state index contributed by atoms with van der Waals surface area (Å²) in [6, 6.07) is 9.55. The predicted molar refractivity (Wildman–Crippen MR) is 93.1 cm³/mol. The molecule has 5 nitrogen and oxygen atoms in total. The van der Waals surface area contributed by atoms with E-state index in [9.17, 15) is 4.79 Å². The zero-order valence-corrected chi connectivity index (χ0v) is 14.0. The number of hydrogen-bond acceptors (Lipinski definition) is 3. The van der Waals surface area contributed by atoms with Crippen LogP contribution in [0.5, 0.6) is 5.75 Å². The van der Waals surface area contributed by atoms with Crippen LogP contribution in [0.1, 0.15) is 37.7 Å². The van der Waals surface area contributed by atoms with Gasteiger partial charge in [-0.25, -0.2) is 4.79 Å². The average Bonchev–Trinajstić information content (AvgIpc) is 3.14. The SMILES string of the molecule is COc1cccc(NC(=O)N(Cc2ccoc2)C2CCCCC2)c1. The second-order valence-corrected chi connectivity index (χ2v) is 6.21. The van der Waals surface area contributed by atoms with Crippen molar-refractivity contribution in [3.05, 3.63) is 48.4 Å². The summed E-state index contributed by atoms with van der Waals surface area (Å²) in [6.45, 7) is 0.566. The lowest BCUT2D eigenvalue weighted by atomic mass is 9.94. The number of urea groups is 1. The second-order valence-electron chi connectivity index (χ2n) is 6.21. The first kappa shape index (κ1) is 16.4. The summed E-state index contributed by atoms with van der Waals surface area (Å²) in [5.74, 6) is 0.729. The highest BCUT2D eigenvalue weighted by Crippen LogP contribution is 2.25. The van der Waals surface area contributed by atoms with Crippen molar-refractivity contribution < 1.29 is 13.9 Å². The first-order valence-corrected chi connectivity index (χ1v) is 8.49. The third-order valence-electron chi connectivity index (χ3n) is 4.53. The van der Waals surface area contributed by atoms with E-state index in [1.54, 1.807) is 19.6 Å². The number of nitrogens with zero attached hydrogens (tertiary/aromatic N) is 1. The van der Waals surface area contributed by atoms with Crippen molar-refractivity contribution in [3.63, 3.8) is 0 Å². The minimum absolute atomic E-state index is 0.0728. The third kappa shape index (κ3) is 4.10. The Labute approximate surface area is 142 Å². The quantitative estimate of drug-likeness (QED) is 0.869. The lowest BCUT2D eigenvalue weighted by molar-refractivity contribution is 0.162. The van der Waals surface area contributed by atoms with Gasteiger partial charge in [-0.05, 0) is 31.0 Å². The van der Waals surface area contributed by atoms with Crippen LogP contribution in [0.15, 0.2) is 47.3 Å². The highest BCUT2D eigenvalue weighted by atomic mass is 16.5. The molecule has 3 rings (SSSR count). The number of benzene rings is 1. The van der Waals surface area contributed by atoms with Gasteiger partial charge in [0.05, 0.1) is 26.2 Å². The molecule has 2 aromatic rings. The smallest absolute Gasteiger partial charge is 0.322 e. The second kappa shape index (κ2) is 7.90. The van der Waals surface area contributed by atoms with Gasteiger partial charge in [0.25, 0.3) is 0 Å². The molecule has 0 aliphatic heterocycles. The molecular weight excluding hydrogens is 304 g/mol. The summed E-state index contributed by atoms with van der Waals surface area (Å²) < 4.78 is 10.4. The fourth-order valence-corrected chi connectivity index (χ4v) is 3.23. The zero-order chi connectivity index (χ0) is 16.8. The number of amides is 2. The Bertz CT molecular complexity index is 648. The fourth-order valence-electron chi connectivity index (χ4n) is 3.23. The molecule has 1 fully saturated rings. The Morgan fingerprint density at radius 2 is 2.12 bits per heavy atom. The number of ether oxygens (including phenoxy) is 1. The van der Waals surface area contributed by atoms with Crippen LogP contribution in [0.2, 0.25) is 0 Å². The largest absolute Gasteiger partial charge is 0.497 e. The molecule has 0 radical (unpaired) electrons. The summed E-state index contributed by atoms with van der Waals surface area (Å²) in [6.07, 6.45) is 9.08. The first-order chi connectivity index (χ1) is 11.8. The van der Waals surface area contributed by atoms with Gasteiger partial charge in [-0.1, -0.05) is 25.3 Å². The molecule has 0 atom stereocenters. The van der Waals surface area contributed by atoms with Crippen molar-refractivity contribution in [2.75, 3.05) is 12.4 Å². The van der Waals surface area contributed by atoms with Crippen LogP contribution in [0.3, 0.4) is 0 Å². The standard InChI is InChI=1S/C19H24N2O3/c1-23-18-9-5-6-16(12-18)20-19(22)21(13-15-10-11-24-14-15)17-7-3-2-4-8-17/h5-6,9-12,14,17H,2-4,7-8,13H2,1H3,(H,20,22). The Kier molecular flexibility index (Phi) is 5.41. The number of methoxy groups -OCH3 is 1. The van der Waals surface area contributed by atoms with E-state index in [0.717, 1.165) is 29.8 Å². The lowest BCUT2D eigenvalue weighted by Crippen LogP contribution is -2.43. The monoisotopic (exact) mass is 328 g/mol. The van der Waals surface area contributed by atoms with Crippen molar-refractivity contribution in [1.82, 2.24) is 4.90 Å². The lowest BCUT2D eigenvalue weighted by Gasteiger charge is -2.34. The number of rotatable bonds is 5. The van der Waals surface area contributed by atoms with Gasteiger partial charge in [-0.3, -0.25) is 0 Å². The van der Waals surface area contributed by atoms with E-state index in [1.807, 2.05) is 35.2 Å². The molecule has 1 aliphatic carbocycles. The first-order valence-electron chi connectivity index (χ1n) is 8.49. The molecule has 0 unspecified atom stereocenters. The third-order valence-corrected chi connectivity index (χ3v) is 4.53. The van der Waals surface area contributed by atoms with Crippen LogP contribution in [-0.4, -0.2) is 24.1 Å². The van der Waals surface area contributed by atoms with E-state index >= 15 is 0 Å². The number of carbonyl (C=O) groups excluding carboxylic acids is 1. The van der Waals surface area contributed by atoms with Crippen molar-refractivity contribution in [2.45, 2.75) is 44.7 Å². The fraction of sp³-hybridized carbons (Fsp3) is 0.421. The molecule has 0 bridgehead atoms. The van der Waals surface area contributed by atoms with Gasteiger partial charge in [0.15, 0.2) is 0 Å². The minimum Gasteiger partial charge on any atom is -0.497 e. The highest BCUT2D eigenvalue weighted by molar-refractivity contribution is 5.89. The summed E-state index contributed by atoms with van der Waals surface area (Å²) in [7, 11) is 1.62. The molecule has 1 aromatic heterocycles. The molecule has 2 amide bonds. The van der Waals surface area contributed by atoms with Gasteiger partial charge in [0.2, 0.25) is 0 Å². The minimum atomic E-state index is -0.0728. The van der Waals surface area contributed by atoms with Crippen LogP contribution in [0.4, 0.5) is 10.5 Å². The van der Waals surface area contributed by atoms with Gasteiger partial charge in [-0.2, -0.15) is 0 Å². The molecule has 1 aliphatic rings. The van der Waals surface area contributed by atoms with Crippen molar-refractivity contribution >= 4 is 11.7 Å². The van der Waals surface area contributed by atoms with E-state index in [1.165, 1.54) is 19.3 Å². The Balaban J connectivity index is 1.74. The normalized spacial score (nSPS) is 15.0. The highest BCUT2D eigenvalue weighted by Gasteiger charge is 2.26. The van der Waals surface area contributed by atoms with Gasteiger partial charge >= 0.3 is 6.03 Å². The molecule has 0 spiro atoms. The molecule has 128 valence electrons. The number of hydrogen-bond donors (Lipinski definition) is 1. The van der Waals surface area contributed by atoms with E-state index in [2.05, 4.69) is 5.32 Å². The number of carbonyl (C=O) groups is 1. The summed E-state index contributed by atoms with van der Waals surface area (Å²) in [4.78, 5) is 14.8. The Morgan fingerprint density at radius 3 is 2.83 bits per heavy atom.